The van der Waals surface area contributed by atoms with Crippen molar-refractivity contribution in [1.82, 2.24) is 10.6 Å². The molecule has 1 fully saturated rings. The van der Waals surface area contributed by atoms with Crippen LogP contribution >= 0.6 is 0 Å². The summed E-state index contributed by atoms with van der Waals surface area (Å²) in [5.41, 5.74) is -0.538. The van der Waals surface area contributed by atoms with E-state index in [1.165, 1.54) is 6.07 Å². The molecule has 17 heavy (non-hydrogen) atoms. The van der Waals surface area contributed by atoms with Crippen molar-refractivity contribution >= 4 is 11.8 Å². The summed E-state index contributed by atoms with van der Waals surface area (Å²) in [6, 6.07) is 3.36. The third kappa shape index (κ3) is 1.98. The summed E-state index contributed by atoms with van der Waals surface area (Å²) in [6.45, 7) is 1.75. The number of nitrogens with one attached hydrogen (secondary N) is 2. The average Bonchev–Trinajstić information content (AvgIpc) is 2.28. The Labute approximate surface area is 96.0 Å². The van der Waals surface area contributed by atoms with Gasteiger partial charge in [0.1, 0.15) is 0 Å². The molecule has 1 aliphatic heterocycles. The van der Waals surface area contributed by atoms with Gasteiger partial charge in [-0.3, -0.25) is 9.59 Å². The maximum atomic E-state index is 13.1. The summed E-state index contributed by atoms with van der Waals surface area (Å²) in [5, 5.41) is 4.85. The van der Waals surface area contributed by atoms with Gasteiger partial charge in [0.05, 0.1) is 5.54 Å². The van der Waals surface area contributed by atoms with Gasteiger partial charge in [0.15, 0.2) is 11.6 Å². The van der Waals surface area contributed by atoms with E-state index < -0.39 is 29.0 Å². The highest BCUT2D eigenvalue weighted by Gasteiger charge is 2.36. The highest BCUT2D eigenvalue weighted by atomic mass is 19.2. The molecule has 0 radical (unpaired) electrons. The highest BCUT2D eigenvalue weighted by Crippen LogP contribution is 2.23. The van der Waals surface area contributed by atoms with Gasteiger partial charge in [0.2, 0.25) is 0 Å². The quantitative estimate of drug-likeness (QED) is 0.699. The molecule has 6 heteroatoms. The van der Waals surface area contributed by atoms with Crippen molar-refractivity contribution in [2.75, 3.05) is 6.54 Å². The minimum absolute atomic E-state index is 0.128. The highest BCUT2D eigenvalue weighted by molar-refractivity contribution is 6.35. The number of halogens is 2. The molecule has 1 aromatic carbocycles. The largest absolute Gasteiger partial charge is 0.345 e. The van der Waals surface area contributed by atoms with E-state index in [1.54, 1.807) is 6.92 Å². The van der Waals surface area contributed by atoms with Crippen LogP contribution in [0.25, 0.3) is 0 Å². The molecule has 2 N–H and O–H groups in total. The summed E-state index contributed by atoms with van der Waals surface area (Å²) in [7, 11) is 0. The summed E-state index contributed by atoms with van der Waals surface area (Å²) >= 11 is 0. The molecule has 2 amide bonds. The van der Waals surface area contributed by atoms with Crippen molar-refractivity contribution in [3.8, 4) is 0 Å². The molecule has 0 bridgehead atoms. The topological polar surface area (TPSA) is 58.2 Å². The van der Waals surface area contributed by atoms with Crippen LogP contribution in [0.3, 0.4) is 0 Å². The van der Waals surface area contributed by atoms with Gasteiger partial charge in [0, 0.05) is 6.54 Å². The lowest BCUT2D eigenvalue weighted by Gasteiger charge is -2.34. The van der Waals surface area contributed by atoms with Crippen molar-refractivity contribution < 1.29 is 18.4 Å². The van der Waals surface area contributed by atoms with Gasteiger partial charge < -0.3 is 10.6 Å². The van der Waals surface area contributed by atoms with E-state index in [-0.39, 0.29) is 6.54 Å². The normalized spacial score (nSPS) is 24.2. The van der Waals surface area contributed by atoms with Gasteiger partial charge in [0.25, 0.3) is 0 Å². The van der Waals surface area contributed by atoms with E-state index in [1.807, 2.05) is 0 Å². The zero-order valence-electron chi connectivity index (χ0n) is 9.01. The number of benzene rings is 1. The van der Waals surface area contributed by atoms with E-state index in [2.05, 4.69) is 10.6 Å². The van der Waals surface area contributed by atoms with E-state index >= 15 is 0 Å². The predicted octanol–water partition coefficient (Wildman–Crippen LogP) is 0.426. The molecule has 2 rings (SSSR count). The molecule has 1 aromatic rings. The number of rotatable bonds is 1. The molecule has 1 heterocycles. The molecule has 0 aliphatic carbocycles. The summed E-state index contributed by atoms with van der Waals surface area (Å²) < 4.78 is 25.9. The Morgan fingerprint density at radius 1 is 1.18 bits per heavy atom. The molecule has 1 aliphatic rings. The minimum Gasteiger partial charge on any atom is -0.345 e. The second-order valence-electron chi connectivity index (χ2n) is 4.10. The second kappa shape index (κ2) is 3.80. The van der Waals surface area contributed by atoms with E-state index in [4.69, 9.17) is 0 Å². The van der Waals surface area contributed by atoms with Crippen LogP contribution in [0, 0.1) is 11.6 Å². The van der Waals surface area contributed by atoms with Crippen LogP contribution < -0.4 is 10.6 Å². The van der Waals surface area contributed by atoms with Gasteiger partial charge in [-0.05, 0) is 24.6 Å². The van der Waals surface area contributed by atoms with Gasteiger partial charge in [-0.2, -0.15) is 0 Å². The van der Waals surface area contributed by atoms with Crippen LogP contribution in [0.15, 0.2) is 18.2 Å². The summed E-state index contributed by atoms with van der Waals surface area (Å²) in [5.74, 6) is -3.47. The average molecular weight is 240 g/mol. The fraction of sp³-hybridized carbons (Fsp3) is 0.273. The molecule has 4 nitrogen and oxygen atoms in total. The van der Waals surface area contributed by atoms with Gasteiger partial charge >= 0.3 is 11.8 Å². The van der Waals surface area contributed by atoms with Crippen molar-refractivity contribution in [3.05, 3.63) is 35.4 Å². The Kier molecular flexibility index (Phi) is 2.57. The maximum Gasteiger partial charge on any atom is 0.310 e. The first kappa shape index (κ1) is 11.5. The lowest BCUT2D eigenvalue weighted by Crippen LogP contribution is -2.60. The zero-order valence-corrected chi connectivity index (χ0v) is 9.01. The lowest BCUT2D eigenvalue weighted by atomic mass is 9.90. The molecule has 0 saturated carbocycles. The fourth-order valence-corrected chi connectivity index (χ4v) is 1.70. The van der Waals surface area contributed by atoms with Crippen LogP contribution in [-0.4, -0.2) is 18.4 Å². The zero-order chi connectivity index (χ0) is 12.6. The van der Waals surface area contributed by atoms with Crippen LogP contribution in [0.4, 0.5) is 8.78 Å². The Hall–Kier alpha value is -1.98. The third-order valence-corrected chi connectivity index (χ3v) is 2.75. The van der Waals surface area contributed by atoms with Crippen LogP contribution in [-0.2, 0) is 15.1 Å². The molecular weight excluding hydrogens is 230 g/mol. The van der Waals surface area contributed by atoms with Crippen LogP contribution in [0.2, 0.25) is 0 Å². The molecule has 1 saturated heterocycles. The van der Waals surface area contributed by atoms with Gasteiger partial charge in [-0.25, -0.2) is 8.78 Å². The SMILES string of the molecule is CC1(c2ccc(F)c(F)c2)CNC(=O)C(=O)N1. The van der Waals surface area contributed by atoms with Crippen molar-refractivity contribution in [2.45, 2.75) is 12.5 Å². The standard InChI is InChI=1S/C11H10F2N2O2/c1-11(5-14-9(16)10(17)15-11)6-2-3-7(12)8(13)4-6/h2-4H,5H2,1H3,(H,14,16)(H,15,17). The second-order valence-corrected chi connectivity index (χ2v) is 4.10. The summed E-state index contributed by atoms with van der Waals surface area (Å²) in [4.78, 5) is 22.2. The van der Waals surface area contributed by atoms with Crippen LogP contribution in [0.1, 0.15) is 12.5 Å². The molecule has 1 atom stereocenters. The van der Waals surface area contributed by atoms with Crippen molar-refractivity contribution in [1.29, 1.82) is 0 Å². The first-order chi connectivity index (χ1) is 7.92. The van der Waals surface area contributed by atoms with Crippen molar-refractivity contribution in [3.63, 3.8) is 0 Å². The van der Waals surface area contributed by atoms with Gasteiger partial charge in [-0.1, -0.05) is 6.07 Å². The Balaban J connectivity index is 2.35. The molecule has 1 unspecified atom stereocenters. The first-order valence-electron chi connectivity index (χ1n) is 4.98. The number of carbonyl (C=O) groups is 2. The Morgan fingerprint density at radius 3 is 2.47 bits per heavy atom. The number of hydrogen-bond donors (Lipinski definition) is 2. The number of carbonyl (C=O) groups excluding carboxylic acids is 2. The predicted molar refractivity (Wildman–Crippen MR) is 54.9 cm³/mol. The minimum atomic E-state index is -0.991. The first-order valence-corrected chi connectivity index (χ1v) is 4.98. The van der Waals surface area contributed by atoms with E-state index in [9.17, 15) is 18.4 Å². The molecule has 90 valence electrons. The maximum absolute atomic E-state index is 13.1. The van der Waals surface area contributed by atoms with E-state index in [0.29, 0.717) is 5.56 Å². The summed E-state index contributed by atoms with van der Waals surface area (Å²) in [6.07, 6.45) is 0. The number of amides is 2. The molecular formula is C11H10F2N2O2. The Bertz CT molecular complexity index is 504. The van der Waals surface area contributed by atoms with Crippen LogP contribution in [0.5, 0.6) is 0 Å². The Morgan fingerprint density at radius 2 is 1.88 bits per heavy atom. The van der Waals surface area contributed by atoms with E-state index in [0.717, 1.165) is 12.1 Å². The fourth-order valence-electron chi connectivity index (χ4n) is 1.70. The smallest absolute Gasteiger partial charge is 0.310 e. The number of hydrogen-bond acceptors (Lipinski definition) is 2. The number of piperazine rings is 1. The molecule has 0 aromatic heterocycles. The van der Waals surface area contributed by atoms with Gasteiger partial charge in [-0.15, -0.1) is 0 Å². The third-order valence-electron chi connectivity index (χ3n) is 2.75. The monoisotopic (exact) mass is 240 g/mol. The van der Waals surface area contributed by atoms with Crippen molar-refractivity contribution in [2.24, 2.45) is 0 Å². The lowest BCUT2D eigenvalue weighted by molar-refractivity contribution is -0.142. The molecule has 0 spiro atoms.